The molecule has 1 aromatic carbocycles. The molecule has 0 fully saturated rings. The maximum Gasteiger partial charge on any atom is 0.308 e. The van der Waals surface area contributed by atoms with Crippen LogP contribution in [0.3, 0.4) is 0 Å². The summed E-state index contributed by atoms with van der Waals surface area (Å²) in [5, 5.41) is 0.615. The Morgan fingerprint density at radius 2 is 2.13 bits per heavy atom. The number of carbonyl (C=O) groups excluding carboxylic acids is 1. The highest BCUT2D eigenvalue weighted by Gasteiger charge is 2.09. The smallest absolute Gasteiger partial charge is 0.308 e. The molecule has 0 radical (unpaired) electrons. The molecule has 0 aromatic heterocycles. The first-order valence-electron chi connectivity index (χ1n) is 4.59. The fraction of sp³-hybridized carbons (Fsp3) is 0.0833. The molecule has 0 atom stereocenters. The monoisotopic (exact) mass is 218 g/mol. The zero-order valence-electron chi connectivity index (χ0n) is 8.27. The molecule has 0 amide bonds. The van der Waals surface area contributed by atoms with Crippen LogP contribution in [-0.4, -0.2) is 5.97 Å². The van der Waals surface area contributed by atoms with E-state index < -0.39 is 0 Å². The molecule has 0 spiro atoms. The average Bonchev–Trinajstić information content (AvgIpc) is 2.38. The van der Waals surface area contributed by atoms with E-state index in [1.54, 1.807) is 6.08 Å². The lowest BCUT2D eigenvalue weighted by molar-refractivity contribution is -0.135. The standard InChI is InChI=1S/C12H10O2S/c1-9(13)14-12-8-4-6-10-5-2-3-7-11(10)15-12/h2-8H,1H3. The molecule has 0 unspecified atom stereocenters. The maximum absolute atomic E-state index is 10.8. The summed E-state index contributed by atoms with van der Waals surface area (Å²) in [4.78, 5) is 11.9. The zero-order valence-corrected chi connectivity index (χ0v) is 9.08. The summed E-state index contributed by atoms with van der Waals surface area (Å²) in [7, 11) is 0. The van der Waals surface area contributed by atoms with Crippen LogP contribution in [-0.2, 0) is 9.53 Å². The van der Waals surface area contributed by atoms with Crippen molar-refractivity contribution in [3.8, 4) is 0 Å². The average molecular weight is 218 g/mol. The summed E-state index contributed by atoms with van der Waals surface area (Å²) in [5.41, 5.74) is 1.14. The topological polar surface area (TPSA) is 26.3 Å². The Morgan fingerprint density at radius 1 is 1.33 bits per heavy atom. The Labute approximate surface area is 92.6 Å². The fourth-order valence-electron chi connectivity index (χ4n) is 1.28. The molecule has 1 aromatic rings. The minimum atomic E-state index is -0.290. The van der Waals surface area contributed by atoms with E-state index in [4.69, 9.17) is 4.74 Å². The normalized spacial score (nSPS) is 13.8. The Hall–Kier alpha value is -1.48. The summed E-state index contributed by atoms with van der Waals surface area (Å²) in [6.07, 6.45) is 5.68. The molecule has 2 nitrogen and oxygen atoms in total. The molecule has 76 valence electrons. The third-order valence-electron chi connectivity index (χ3n) is 1.88. The summed E-state index contributed by atoms with van der Waals surface area (Å²) >= 11 is 1.46. The molecule has 0 N–H and O–H groups in total. The minimum absolute atomic E-state index is 0.290. The number of benzene rings is 1. The van der Waals surface area contributed by atoms with Crippen LogP contribution < -0.4 is 0 Å². The molecular formula is C12H10O2S. The number of carbonyl (C=O) groups is 1. The highest BCUT2D eigenvalue weighted by atomic mass is 32.2. The number of thioether (sulfide) groups is 1. The van der Waals surface area contributed by atoms with E-state index in [9.17, 15) is 4.79 Å². The SMILES string of the molecule is CC(=O)OC1=CC=Cc2ccccc2S1. The Balaban J connectivity index is 2.27. The summed E-state index contributed by atoms with van der Waals surface area (Å²) < 4.78 is 5.06. The van der Waals surface area contributed by atoms with Crippen molar-refractivity contribution in [3.05, 3.63) is 47.1 Å². The van der Waals surface area contributed by atoms with Crippen LogP contribution in [0.25, 0.3) is 6.08 Å². The predicted octanol–water partition coefficient (Wildman–Crippen LogP) is 3.21. The van der Waals surface area contributed by atoms with Gasteiger partial charge in [-0.1, -0.05) is 42.1 Å². The Kier molecular flexibility index (Phi) is 2.92. The molecule has 0 bridgehead atoms. The molecule has 1 aliphatic rings. The largest absolute Gasteiger partial charge is 0.419 e. The van der Waals surface area contributed by atoms with Crippen molar-refractivity contribution in [2.45, 2.75) is 11.8 Å². The number of ether oxygens (including phenoxy) is 1. The fourth-order valence-corrected chi connectivity index (χ4v) is 2.20. The van der Waals surface area contributed by atoms with Crippen molar-refractivity contribution in [2.24, 2.45) is 0 Å². The van der Waals surface area contributed by atoms with Crippen LogP contribution in [0.2, 0.25) is 0 Å². The molecular weight excluding hydrogens is 208 g/mol. The van der Waals surface area contributed by atoms with Gasteiger partial charge in [-0.25, -0.2) is 0 Å². The van der Waals surface area contributed by atoms with Gasteiger partial charge in [0.1, 0.15) is 0 Å². The van der Waals surface area contributed by atoms with Crippen molar-refractivity contribution >= 4 is 23.8 Å². The summed E-state index contributed by atoms with van der Waals surface area (Å²) in [6.45, 7) is 1.40. The molecule has 0 saturated heterocycles. The summed E-state index contributed by atoms with van der Waals surface area (Å²) in [5.74, 6) is -0.290. The number of fused-ring (bicyclic) bond motifs is 1. The van der Waals surface area contributed by atoms with Gasteiger partial charge in [0.2, 0.25) is 0 Å². The lowest BCUT2D eigenvalue weighted by Crippen LogP contribution is -1.95. The molecule has 2 rings (SSSR count). The Morgan fingerprint density at radius 3 is 2.93 bits per heavy atom. The number of hydrogen-bond donors (Lipinski definition) is 0. The molecule has 0 aliphatic carbocycles. The lowest BCUT2D eigenvalue weighted by Gasteiger charge is -2.06. The van der Waals surface area contributed by atoms with Crippen LogP contribution in [0, 0.1) is 0 Å². The molecule has 1 heterocycles. The van der Waals surface area contributed by atoms with Crippen LogP contribution in [0.1, 0.15) is 12.5 Å². The van der Waals surface area contributed by atoms with E-state index >= 15 is 0 Å². The zero-order chi connectivity index (χ0) is 10.7. The van der Waals surface area contributed by atoms with Crippen molar-refractivity contribution in [2.75, 3.05) is 0 Å². The molecule has 15 heavy (non-hydrogen) atoms. The first-order valence-corrected chi connectivity index (χ1v) is 5.41. The van der Waals surface area contributed by atoms with Crippen LogP contribution in [0.4, 0.5) is 0 Å². The van der Waals surface area contributed by atoms with Crippen LogP contribution >= 0.6 is 11.8 Å². The van der Waals surface area contributed by atoms with Gasteiger partial charge in [-0.05, 0) is 17.7 Å². The molecule has 0 saturated carbocycles. The maximum atomic E-state index is 10.8. The van der Waals surface area contributed by atoms with Gasteiger partial charge in [-0.2, -0.15) is 0 Å². The number of esters is 1. The predicted molar refractivity (Wildman–Crippen MR) is 61.2 cm³/mol. The summed E-state index contributed by atoms with van der Waals surface area (Å²) in [6, 6.07) is 7.99. The first-order chi connectivity index (χ1) is 7.25. The molecule has 3 heteroatoms. The van der Waals surface area contributed by atoms with E-state index in [1.165, 1.54) is 18.7 Å². The van der Waals surface area contributed by atoms with Crippen LogP contribution in [0.15, 0.2) is 46.4 Å². The van der Waals surface area contributed by atoms with Crippen molar-refractivity contribution in [1.29, 1.82) is 0 Å². The van der Waals surface area contributed by atoms with Gasteiger partial charge in [0.25, 0.3) is 0 Å². The van der Waals surface area contributed by atoms with Crippen LogP contribution in [0.5, 0.6) is 0 Å². The second-order valence-corrected chi connectivity index (χ2v) is 4.12. The van der Waals surface area contributed by atoms with Gasteiger partial charge in [0.15, 0.2) is 5.09 Å². The van der Waals surface area contributed by atoms with E-state index in [0.29, 0.717) is 5.09 Å². The lowest BCUT2D eigenvalue weighted by atomic mass is 10.2. The third kappa shape index (κ3) is 2.50. The number of rotatable bonds is 1. The Bertz CT molecular complexity index is 447. The first kappa shape index (κ1) is 10.1. The van der Waals surface area contributed by atoms with E-state index in [2.05, 4.69) is 0 Å². The highest BCUT2D eigenvalue weighted by molar-refractivity contribution is 8.03. The van der Waals surface area contributed by atoms with Gasteiger partial charge in [-0.3, -0.25) is 4.79 Å². The van der Waals surface area contributed by atoms with Gasteiger partial charge in [0.05, 0.1) is 0 Å². The highest BCUT2D eigenvalue weighted by Crippen LogP contribution is 2.33. The second-order valence-electron chi connectivity index (χ2n) is 3.08. The quantitative estimate of drug-likeness (QED) is 0.677. The molecule has 1 aliphatic heterocycles. The second kappa shape index (κ2) is 4.36. The van der Waals surface area contributed by atoms with Crippen molar-refractivity contribution in [1.82, 2.24) is 0 Å². The number of hydrogen-bond acceptors (Lipinski definition) is 3. The number of allylic oxidation sites excluding steroid dienone is 2. The van der Waals surface area contributed by atoms with Gasteiger partial charge in [0, 0.05) is 11.8 Å². The van der Waals surface area contributed by atoms with Crippen molar-refractivity contribution < 1.29 is 9.53 Å². The van der Waals surface area contributed by atoms with Gasteiger partial charge < -0.3 is 4.74 Å². The third-order valence-corrected chi connectivity index (χ3v) is 2.89. The van der Waals surface area contributed by atoms with Gasteiger partial charge >= 0.3 is 5.97 Å². The van der Waals surface area contributed by atoms with E-state index in [-0.39, 0.29) is 5.97 Å². The van der Waals surface area contributed by atoms with Crippen molar-refractivity contribution in [3.63, 3.8) is 0 Å². The van der Waals surface area contributed by atoms with E-state index in [1.807, 2.05) is 36.4 Å². The minimum Gasteiger partial charge on any atom is -0.419 e. The van der Waals surface area contributed by atoms with E-state index in [0.717, 1.165) is 10.5 Å². The van der Waals surface area contributed by atoms with Gasteiger partial charge in [-0.15, -0.1) is 0 Å².